The average Bonchev–Trinajstić information content (AvgIpc) is 2.79. The molecule has 0 heteroatoms. The molecule has 0 nitrogen and oxygen atoms in total. The van der Waals surface area contributed by atoms with E-state index < -0.39 is 0 Å². The molecular weight excluding hydrogens is 360 g/mol. The second-order valence-electron chi connectivity index (χ2n) is 8.68. The van der Waals surface area contributed by atoms with Crippen molar-refractivity contribution in [3.8, 4) is 11.1 Å². The summed E-state index contributed by atoms with van der Waals surface area (Å²) in [7, 11) is 0. The summed E-state index contributed by atoms with van der Waals surface area (Å²) in [6.07, 6.45) is 12.3. The van der Waals surface area contributed by atoms with Crippen LogP contribution in [0, 0.1) is 0 Å². The summed E-state index contributed by atoms with van der Waals surface area (Å²) >= 11 is 0. The maximum atomic E-state index is 2.33. The van der Waals surface area contributed by atoms with Crippen molar-refractivity contribution in [2.24, 2.45) is 0 Å². The lowest BCUT2D eigenvalue weighted by Gasteiger charge is -2.08. The number of hydrogen-bond acceptors (Lipinski definition) is 0. The lowest BCUT2D eigenvalue weighted by molar-refractivity contribution is 0.575. The first-order chi connectivity index (χ1) is 14.8. The maximum Gasteiger partial charge on any atom is -0.0171 e. The van der Waals surface area contributed by atoms with Crippen LogP contribution in [0.15, 0.2) is 78.9 Å². The number of hydrogen-bond donors (Lipinski definition) is 0. The zero-order chi connectivity index (χ0) is 20.6. The topological polar surface area (TPSA) is 0 Å². The lowest BCUT2D eigenvalue weighted by Crippen LogP contribution is -1.87. The van der Waals surface area contributed by atoms with Crippen molar-refractivity contribution in [3.05, 3.63) is 84.4 Å². The Morgan fingerprint density at radius 1 is 0.467 bits per heavy atom. The molecule has 0 saturated carbocycles. The third-order valence-corrected chi connectivity index (χ3v) is 6.31. The minimum Gasteiger partial charge on any atom is -0.0654 e. The molecular formula is C30H34. The predicted molar refractivity (Wildman–Crippen MR) is 133 cm³/mol. The van der Waals surface area contributed by atoms with E-state index in [-0.39, 0.29) is 0 Å². The number of unbranched alkanes of at least 4 members (excludes halogenated alkanes) is 7. The summed E-state index contributed by atoms with van der Waals surface area (Å²) in [6, 6.07) is 29.3. The van der Waals surface area contributed by atoms with Gasteiger partial charge in [0.25, 0.3) is 0 Å². The average molecular weight is 395 g/mol. The van der Waals surface area contributed by atoms with E-state index in [1.807, 2.05) is 0 Å². The predicted octanol–water partition coefficient (Wildman–Crippen LogP) is 9.34. The number of fused-ring (bicyclic) bond motifs is 2. The summed E-state index contributed by atoms with van der Waals surface area (Å²) in [5, 5.41) is 5.24. The fourth-order valence-electron chi connectivity index (χ4n) is 4.45. The van der Waals surface area contributed by atoms with Crippen LogP contribution in [0.1, 0.15) is 63.9 Å². The summed E-state index contributed by atoms with van der Waals surface area (Å²) in [4.78, 5) is 0. The monoisotopic (exact) mass is 394 g/mol. The molecule has 0 aliphatic carbocycles. The van der Waals surface area contributed by atoms with Crippen molar-refractivity contribution in [3.63, 3.8) is 0 Å². The van der Waals surface area contributed by atoms with Crippen molar-refractivity contribution in [1.29, 1.82) is 0 Å². The van der Waals surface area contributed by atoms with Crippen molar-refractivity contribution in [2.45, 2.75) is 64.7 Å². The second kappa shape index (κ2) is 10.4. The zero-order valence-electron chi connectivity index (χ0n) is 18.4. The molecule has 4 aromatic rings. The van der Waals surface area contributed by atoms with E-state index >= 15 is 0 Å². The molecule has 30 heavy (non-hydrogen) atoms. The van der Waals surface area contributed by atoms with Gasteiger partial charge in [0, 0.05) is 0 Å². The van der Waals surface area contributed by atoms with Gasteiger partial charge in [-0.15, -0.1) is 0 Å². The molecule has 0 bridgehead atoms. The van der Waals surface area contributed by atoms with Crippen LogP contribution in [0.25, 0.3) is 32.7 Å². The Bertz CT molecular complexity index is 1070. The molecule has 0 amide bonds. The van der Waals surface area contributed by atoms with Crippen LogP contribution in [-0.2, 0) is 6.42 Å². The van der Waals surface area contributed by atoms with Crippen LogP contribution in [0.4, 0.5) is 0 Å². The molecule has 4 rings (SSSR count). The second-order valence-corrected chi connectivity index (χ2v) is 8.68. The highest BCUT2D eigenvalue weighted by molar-refractivity contribution is 5.99. The van der Waals surface area contributed by atoms with E-state index in [4.69, 9.17) is 0 Å². The third-order valence-electron chi connectivity index (χ3n) is 6.31. The minimum atomic E-state index is 1.21. The van der Waals surface area contributed by atoms with Gasteiger partial charge in [0.1, 0.15) is 0 Å². The molecule has 0 aliphatic rings. The van der Waals surface area contributed by atoms with E-state index in [2.05, 4.69) is 85.8 Å². The van der Waals surface area contributed by atoms with Gasteiger partial charge in [0.2, 0.25) is 0 Å². The normalized spacial score (nSPS) is 11.4. The van der Waals surface area contributed by atoms with Gasteiger partial charge in [-0.25, -0.2) is 0 Å². The zero-order valence-corrected chi connectivity index (χ0v) is 18.4. The van der Waals surface area contributed by atoms with Gasteiger partial charge in [-0.05, 0) is 69.3 Å². The van der Waals surface area contributed by atoms with Crippen LogP contribution in [-0.4, -0.2) is 0 Å². The molecule has 0 saturated heterocycles. The van der Waals surface area contributed by atoms with Gasteiger partial charge in [0.05, 0.1) is 0 Å². The Morgan fingerprint density at radius 3 is 1.73 bits per heavy atom. The minimum absolute atomic E-state index is 1.21. The van der Waals surface area contributed by atoms with Crippen molar-refractivity contribution in [2.75, 3.05) is 0 Å². The highest BCUT2D eigenvalue weighted by atomic mass is 14.1. The SMILES string of the molecule is CCCCCCCCCCc1ccc(-c2ccc3cc4ccccc4cc3c2)cc1. The van der Waals surface area contributed by atoms with Crippen LogP contribution < -0.4 is 0 Å². The number of aryl methyl sites for hydroxylation is 1. The first-order valence-electron chi connectivity index (χ1n) is 11.9. The summed E-state index contributed by atoms with van der Waals surface area (Å²) in [6.45, 7) is 2.28. The van der Waals surface area contributed by atoms with Crippen molar-refractivity contribution >= 4 is 21.5 Å². The van der Waals surface area contributed by atoms with Crippen LogP contribution in [0.2, 0.25) is 0 Å². The quantitative estimate of drug-likeness (QED) is 0.186. The van der Waals surface area contributed by atoms with Gasteiger partial charge < -0.3 is 0 Å². The molecule has 0 spiro atoms. The van der Waals surface area contributed by atoms with Crippen molar-refractivity contribution in [1.82, 2.24) is 0 Å². The molecule has 0 radical (unpaired) electrons. The smallest absolute Gasteiger partial charge is 0.0171 e. The largest absolute Gasteiger partial charge is 0.0654 e. The summed E-state index contributed by atoms with van der Waals surface area (Å²) in [5.74, 6) is 0. The molecule has 154 valence electrons. The molecule has 0 N–H and O–H groups in total. The Hall–Kier alpha value is -2.60. The Balaban J connectivity index is 1.35. The summed E-state index contributed by atoms with van der Waals surface area (Å²) < 4.78 is 0. The maximum absolute atomic E-state index is 2.33. The van der Waals surface area contributed by atoms with Crippen LogP contribution >= 0.6 is 0 Å². The molecule has 0 atom stereocenters. The molecule has 0 unspecified atom stereocenters. The highest BCUT2D eigenvalue weighted by Crippen LogP contribution is 2.28. The fourth-order valence-corrected chi connectivity index (χ4v) is 4.45. The van der Waals surface area contributed by atoms with E-state index in [0.29, 0.717) is 0 Å². The van der Waals surface area contributed by atoms with Gasteiger partial charge in [-0.2, -0.15) is 0 Å². The third kappa shape index (κ3) is 5.30. The standard InChI is InChI=1S/C30H34/c1-2-3-4-5-6-7-8-9-12-24-15-17-25(18-16-24)28-19-20-29-21-26-13-10-11-14-27(26)22-30(29)23-28/h10-11,13-23H,2-9,12H2,1H3. The Labute approximate surface area is 182 Å². The molecule has 0 aliphatic heterocycles. The first-order valence-corrected chi connectivity index (χ1v) is 11.9. The number of benzene rings is 4. The van der Waals surface area contributed by atoms with Crippen LogP contribution in [0.5, 0.6) is 0 Å². The molecule has 0 heterocycles. The molecule has 4 aromatic carbocycles. The molecule has 0 aromatic heterocycles. The first kappa shape index (κ1) is 20.7. The van der Waals surface area contributed by atoms with E-state index in [9.17, 15) is 0 Å². The number of rotatable bonds is 10. The fraction of sp³-hybridized carbons (Fsp3) is 0.333. The van der Waals surface area contributed by atoms with Gasteiger partial charge >= 0.3 is 0 Å². The highest BCUT2D eigenvalue weighted by Gasteiger charge is 2.03. The van der Waals surface area contributed by atoms with E-state index in [1.165, 1.54) is 96.0 Å². The van der Waals surface area contributed by atoms with Gasteiger partial charge in [-0.3, -0.25) is 0 Å². The van der Waals surface area contributed by atoms with E-state index in [0.717, 1.165) is 0 Å². The van der Waals surface area contributed by atoms with Gasteiger partial charge in [0.15, 0.2) is 0 Å². The van der Waals surface area contributed by atoms with Crippen LogP contribution in [0.3, 0.4) is 0 Å². The lowest BCUT2D eigenvalue weighted by atomic mass is 9.97. The molecule has 0 fully saturated rings. The van der Waals surface area contributed by atoms with E-state index in [1.54, 1.807) is 0 Å². The summed E-state index contributed by atoms with van der Waals surface area (Å²) in [5.41, 5.74) is 4.08. The Morgan fingerprint density at radius 2 is 1.03 bits per heavy atom. The van der Waals surface area contributed by atoms with Crippen molar-refractivity contribution < 1.29 is 0 Å². The van der Waals surface area contributed by atoms with Gasteiger partial charge in [-0.1, -0.05) is 113 Å². The Kier molecular flexibility index (Phi) is 7.19.